The van der Waals surface area contributed by atoms with Crippen molar-refractivity contribution in [3.8, 4) is 6.07 Å². The molecular formula is C21H19ClF3N3O. The van der Waals surface area contributed by atoms with Crippen LogP contribution in [0.4, 0.5) is 24.5 Å². The molecule has 152 valence electrons. The molecule has 2 rings (SSSR count). The largest absolute Gasteiger partial charge is 0.418 e. The highest BCUT2D eigenvalue weighted by Gasteiger charge is 2.33. The number of carbonyl (C=O) groups excluding carboxylic acids is 1. The quantitative estimate of drug-likeness (QED) is 0.448. The number of alkyl halides is 3. The van der Waals surface area contributed by atoms with E-state index in [1.54, 1.807) is 6.07 Å². The summed E-state index contributed by atoms with van der Waals surface area (Å²) < 4.78 is 39.6. The molecule has 0 aliphatic rings. The molecule has 0 fully saturated rings. The smallest absolute Gasteiger partial charge is 0.360 e. The SMILES string of the molecule is CCc1cccc(CC)c1NC(=O)/C(C#N)=C\Nc1ccc(Cl)cc1C(F)(F)F. The molecule has 0 atom stereocenters. The third-order valence-corrected chi connectivity index (χ3v) is 4.50. The molecule has 2 N–H and O–H groups in total. The lowest BCUT2D eigenvalue weighted by Crippen LogP contribution is -2.17. The molecule has 0 aliphatic heterocycles. The van der Waals surface area contributed by atoms with Crippen LogP contribution in [-0.4, -0.2) is 5.91 Å². The van der Waals surface area contributed by atoms with Crippen molar-refractivity contribution in [2.45, 2.75) is 32.9 Å². The van der Waals surface area contributed by atoms with E-state index in [9.17, 15) is 23.2 Å². The second kappa shape index (κ2) is 9.48. The van der Waals surface area contributed by atoms with Gasteiger partial charge in [-0.3, -0.25) is 4.79 Å². The summed E-state index contributed by atoms with van der Waals surface area (Å²) in [5.41, 5.74) is 0.751. The van der Waals surface area contributed by atoms with Crippen LogP contribution in [0.5, 0.6) is 0 Å². The predicted molar refractivity (Wildman–Crippen MR) is 108 cm³/mol. The fraction of sp³-hybridized carbons (Fsp3) is 0.238. The van der Waals surface area contributed by atoms with Crippen molar-refractivity contribution < 1.29 is 18.0 Å². The van der Waals surface area contributed by atoms with Crippen LogP contribution in [0.25, 0.3) is 0 Å². The topological polar surface area (TPSA) is 64.9 Å². The summed E-state index contributed by atoms with van der Waals surface area (Å²) in [5, 5.41) is 14.3. The highest BCUT2D eigenvalue weighted by Crippen LogP contribution is 2.36. The first-order valence-corrected chi connectivity index (χ1v) is 9.24. The Morgan fingerprint density at radius 1 is 1.17 bits per heavy atom. The number of amides is 1. The summed E-state index contributed by atoms with van der Waals surface area (Å²) in [6, 6.07) is 10.5. The Morgan fingerprint density at radius 2 is 1.79 bits per heavy atom. The highest BCUT2D eigenvalue weighted by atomic mass is 35.5. The van der Waals surface area contributed by atoms with E-state index in [0.717, 1.165) is 29.5 Å². The van der Waals surface area contributed by atoms with E-state index in [-0.39, 0.29) is 16.3 Å². The van der Waals surface area contributed by atoms with Gasteiger partial charge in [0.1, 0.15) is 11.6 Å². The van der Waals surface area contributed by atoms with Crippen LogP contribution < -0.4 is 10.6 Å². The van der Waals surface area contributed by atoms with Crippen LogP contribution in [0.3, 0.4) is 0 Å². The van der Waals surface area contributed by atoms with Gasteiger partial charge in [-0.05, 0) is 42.2 Å². The minimum atomic E-state index is -4.65. The Bertz CT molecular complexity index is 956. The number of hydrogen-bond donors (Lipinski definition) is 2. The zero-order valence-corrected chi connectivity index (χ0v) is 16.6. The Balaban J connectivity index is 2.31. The average Bonchev–Trinajstić information content (AvgIpc) is 2.68. The fourth-order valence-electron chi connectivity index (χ4n) is 2.76. The van der Waals surface area contributed by atoms with Crippen LogP contribution in [0.1, 0.15) is 30.5 Å². The van der Waals surface area contributed by atoms with Crippen molar-refractivity contribution in [2.24, 2.45) is 0 Å². The van der Waals surface area contributed by atoms with Gasteiger partial charge in [0.2, 0.25) is 0 Å². The zero-order chi connectivity index (χ0) is 21.6. The van der Waals surface area contributed by atoms with Crippen LogP contribution in [-0.2, 0) is 23.8 Å². The monoisotopic (exact) mass is 421 g/mol. The molecule has 4 nitrogen and oxygen atoms in total. The van der Waals surface area contributed by atoms with Gasteiger partial charge in [0, 0.05) is 16.9 Å². The second-order valence-corrected chi connectivity index (χ2v) is 6.55. The van der Waals surface area contributed by atoms with Crippen molar-refractivity contribution >= 4 is 28.9 Å². The standard InChI is InChI=1S/C21H19ClF3N3O/c1-3-13-6-5-7-14(4-2)19(13)28-20(29)15(11-26)12-27-18-9-8-16(22)10-17(18)21(23,24)25/h5-10,12,27H,3-4H2,1-2H3,(H,28,29)/b15-12-. The molecular weight excluding hydrogens is 403 g/mol. The minimum absolute atomic E-state index is 0.0756. The number of para-hydroxylation sites is 1. The molecule has 0 aromatic heterocycles. The number of carbonyl (C=O) groups is 1. The highest BCUT2D eigenvalue weighted by molar-refractivity contribution is 6.30. The number of nitriles is 1. The Labute approximate surface area is 172 Å². The number of halogens is 4. The van der Waals surface area contributed by atoms with E-state index in [4.69, 9.17) is 11.6 Å². The molecule has 0 saturated carbocycles. The van der Waals surface area contributed by atoms with Gasteiger partial charge >= 0.3 is 6.18 Å². The maximum atomic E-state index is 13.2. The van der Waals surface area contributed by atoms with Gasteiger partial charge in [0.15, 0.2) is 0 Å². The van der Waals surface area contributed by atoms with Crippen molar-refractivity contribution in [1.82, 2.24) is 0 Å². The van der Waals surface area contributed by atoms with E-state index < -0.39 is 17.6 Å². The second-order valence-electron chi connectivity index (χ2n) is 6.11. The number of nitrogens with zero attached hydrogens (tertiary/aromatic N) is 1. The molecule has 0 heterocycles. The molecule has 29 heavy (non-hydrogen) atoms. The van der Waals surface area contributed by atoms with Crippen LogP contribution in [0, 0.1) is 11.3 Å². The van der Waals surface area contributed by atoms with E-state index in [1.165, 1.54) is 6.07 Å². The van der Waals surface area contributed by atoms with E-state index in [2.05, 4.69) is 10.6 Å². The molecule has 2 aromatic carbocycles. The maximum absolute atomic E-state index is 13.2. The van der Waals surface area contributed by atoms with Gasteiger partial charge in [-0.25, -0.2) is 0 Å². The van der Waals surface area contributed by atoms with Crippen molar-refractivity contribution in [3.63, 3.8) is 0 Å². The summed E-state index contributed by atoms with van der Waals surface area (Å²) in [6.07, 6.45) is -2.35. The van der Waals surface area contributed by atoms with Gasteiger partial charge < -0.3 is 10.6 Å². The van der Waals surface area contributed by atoms with Gasteiger partial charge in [-0.2, -0.15) is 18.4 Å². The van der Waals surface area contributed by atoms with Gasteiger partial charge in [-0.1, -0.05) is 43.6 Å². The lowest BCUT2D eigenvalue weighted by atomic mass is 10.0. The lowest BCUT2D eigenvalue weighted by Gasteiger charge is -2.15. The first kappa shape index (κ1) is 22.3. The molecule has 1 amide bonds. The first-order valence-electron chi connectivity index (χ1n) is 8.86. The minimum Gasteiger partial charge on any atom is -0.360 e. The first-order chi connectivity index (χ1) is 13.7. The summed E-state index contributed by atoms with van der Waals surface area (Å²) in [7, 11) is 0. The third kappa shape index (κ3) is 5.52. The van der Waals surface area contributed by atoms with Crippen LogP contribution in [0.2, 0.25) is 5.02 Å². The van der Waals surface area contributed by atoms with Gasteiger partial charge in [0.25, 0.3) is 5.91 Å². The average molecular weight is 422 g/mol. The Kier molecular flexibility index (Phi) is 7.29. The summed E-state index contributed by atoms with van der Waals surface area (Å²) in [6.45, 7) is 3.87. The molecule has 0 unspecified atom stereocenters. The van der Waals surface area contributed by atoms with Crippen molar-refractivity contribution in [1.29, 1.82) is 5.26 Å². The van der Waals surface area contributed by atoms with Crippen molar-refractivity contribution in [3.05, 3.63) is 69.9 Å². The Morgan fingerprint density at radius 3 is 2.31 bits per heavy atom. The summed E-state index contributed by atoms with van der Waals surface area (Å²) in [5.74, 6) is -0.710. The van der Waals surface area contributed by atoms with E-state index >= 15 is 0 Å². The lowest BCUT2D eigenvalue weighted by molar-refractivity contribution is -0.136. The molecule has 0 bridgehead atoms. The number of aryl methyl sites for hydroxylation is 2. The predicted octanol–water partition coefficient (Wildman–Crippen LogP) is 5.94. The number of anilines is 2. The number of rotatable bonds is 6. The molecule has 0 spiro atoms. The zero-order valence-electron chi connectivity index (χ0n) is 15.8. The maximum Gasteiger partial charge on any atom is 0.418 e. The molecule has 8 heteroatoms. The number of benzene rings is 2. The van der Waals surface area contributed by atoms with Gasteiger partial charge in [0.05, 0.1) is 11.3 Å². The fourth-order valence-corrected chi connectivity index (χ4v) is 2.93. The molecule has 0 aliphatic carbocycles. The Hall–Kier alpha value is -2.98. The summed E-state index contributed by atoms with van der Waals surface area (Å²) in [4.78, 5) is 12.6. The van der Waals surface area contributed by atoms with Crippen LogP contribution in [0.15, 0.2) is 48.2 Å². The van der Waals surface area contributed by atoms with E-state index in [0.29, 0.717) is 18.5 Å². The van der Waals surface area contributed by atoms with Crippen LogP contribution >= 0.6 is 11.6 Å². The molecule has 2 aromatic rings. The normalized spacial score (nSPS) is 11.7. The van der Waals surface area contributed by atoms with Crippen molar-refractivity contribution in [2.75, 3.05) is 10.6 Å². The summed E-state index contributed by atoms with van der Waals surface area (Å²) >= 11 is 5.65. The molecule has 0 saturated heterocycles. The molecule has 0 radical (unpaired) electrons. The van der Waals surface area contributed by atoms with Gasteiger partial charge in [-0.15, -0.1) is 0 Å². The number of hydrogen-bond acceptors (Lipinski definition) is 3. The third-order valence-electron chi connectivity index (χ3n) is 4.26. The van der Waals surface area contributed by atoms with E-state index in [1.807, 2.05) is 32.0 Å². The number of nitrogens with one attached hydrogen (secondary N) is 2.